The molecular formula is C25H22N2O7. The van der Waals surface area contributed by atoms with Gasteiger partial charge in [0, 0.05) is 50.4 Å². The molecular weight excluding hydrogens is 440 g/mol. The molecule has 4 aromatic rings. The third kappa shape index (κ3) is 3.97. The van der Waals surface area contributed by atoms with Gasteiger partial charge >= 0.3 is 0 Å². The Morgan fingerprint density at radius 2 is 1.68 bits per heavy atom. The number of nitrogens with zero attached hydrogens (tertiary/aromatic N) is 2. The number of benzene rings is 2. The second-order valence-electron chi connectivity index (χ2n) is 8.17. The van der Waals surface area contributed by atoms with Gasteiger partial charge in [-0.15, -0.1) is 0 Å². The number of carbonyl (C=O) groups is 1. The molecule has 1 aliphatic heterocycles. The van der Waals surface area contributed by atoms with E-state index in [4.69, 9.17) is 8.83 Å². The predicted octanol–water partition coefficient (Wildman–Crippen LogP) is 3.13. The largest absolute Gasteiger partial charge is 0.508 e. The molecule has 0 spiro atoms. The number of fused-ring (bicyclic) bond motifs is 1. The van der Waals surface area contributed by atoms with Crippen molar-refractivity contribution in [1.82, 2.24) is 9.80 Å². The first-order valence-corrected chi connectivity index (χ1v) is 10.8. The highest BCUT2D eigenvalue weighted by atomic mass is 16.3. The number of rotatable bonds is 4. The number of furan rings is 1. The molecule has 2 aromatic carbocycles. The smallest absolute Gasteiger partial charge is 0.289 e. The summed E-state index contributed by atoms with van der Waals surface area (Å²) in [6.07, 6.45) is 1.46. The van der Waals surface area contributed by atoms with Gasteiger partial charge in [-0.2, -0.15) is 0 Å². The highest BCUT2D eigenvalue weighted by Crippen LogP contribution is 2.33. The average molecular weight is 462 g/mol. The standard InChI is InChI=1S/C25H22N2O7/c28-16-5-3-15(4-6-16)24-18(23(31)22-19(30)12-17(29)13-21(22)34-24)14-26-7-9-27(10-8-26)25(32)20-2-1-11-33-20/h1-6,11-13,28-30H,7-10,14H2. The van der Waals surface area contributed by atoms with Crippen LogP contribution in [0.3, 0.4) is 0 Å². The van der Waals surface area contributed by atoms with Crippen LogP contribution in [0.4, 0.5) is 0 Å². The third-order valence-electron chi connectivity index (χ3n) is 5.96. The van der Waals surface area contributed by atoms with Gasteiger partial charge < -0.3 is 29.1 Å². The predicted molar refractivity (Wildman–Crippen MR) is 123 cm³/mol. The molecule has 0 atom stereocenters. The van der Waals surface area contributed by atoms with Crippen LogP contribution in [-0.4, -0.2) is 57.2 Å². The summed E-state index contributed by atoms with van der Waals surface area (Å²) in [6.45, 7) is 2.22. The van der Waals surface area contributed by atoms with Crippen LogP contribution in [0.15, 0.2) is 68.4 Å². The first kappa shape index (κ1) is 21.6. The molecule has 2 aromatic heterocycles. The highest BCUT2D eigenvalue weighted by molar-refractivity contribution is 5.91. The lowest BCUT2D eigenvalue weighted by atomic mass is 10.0. The Morgan fingerprint density at radius 1 is 0.941 bits per heavy atom. The van der Waals surface area contributed by atoms with Crippen molar-refractivity contribution < 1.29 is 28.9 Å². The van der Waals surface area contributed by atoms with Crippen molar-refractivity contribution in [3.63, 3.8) is 0 Å². The van der Waals surface area contributed by atoms with Crippen molar-refractivity contribution in [3.8, 4) is 28.6 Å². The second-order valence-corrected chi connectivity index (χ2v) is 8.17. The fourth-order valence-electron chi connectivity index (χ4n) is 4.20. The Kier molecular flexibility index (Phi) is 5.46. The van der Waals surface area contributed by atoms with E-state index in [2.05, 4.69) is 0 Å². The van der Waals surface area contributed by atoms with E-state index in [1.54, 1.807) is 29.2 Å². The Bertz CT molecular complexity index is 1400. The van der Waals surface area contributed by atoms with E-state index in [-0.39, 0.29) is 52.2 Å². The van der Waals surface area contributed by atoms with Crippen LogP contribution in [0.2, 0.25) is 0 Å². The van der Waals surface area contributed by atoms with Crippen LogP contribution in [0.5, 0.6) is 17.2 Å². The monoisotopic (exact) mass is 462 g/mol. The van der Waals surface area contributed by atoms with E-state index in [0.29, 0.717) is 37.3 Å². The topological polar surface area (TPSA) is 128 Å². The summed E-state index contributed by atoms with van der Waals surface area (Å²) in [6, 6.07) is 11.9. The minimum Gasteiger partial charge on any atom is -0.508 e. The van der Waals surface area contributed by atoms with Crippen molar-refractivity contribution >= 4 is 16.9 Å². The Hall–Kier alpha value is -4.24. The van der Waals surface area contributed by atoms with E-state index < -0.39 is 5.43 Å². The summed E-state index contributed by atoms with van der Waals surface area (Å²) in [7, 11) is 0. The molecule has 9 heteroatoms. The molecule has 0 unspecified atom stereocenters. The fraction of sp³-hybridized carbons (Fsp3) is 0.200. The zero-order valence-corrected chi connectivity index (χ0v) is 18.1. The van der Waals surface area contributed by atoms with E-state index in [1.165, 1.54) is 24.5 Å². The van der Waals surface area contributed by atoms with Crippen LogP contribution < -0.4 is 5.43 Å². The Morgan fingerprint density at radius 3 is 2.35 bits per heavy atom. The van der Waals surface area contributed by atoms with Gasteiger partial charge in [-0.1, -0.05) is 0 Å². The van der Waals surface area contributed by atoms with Gasteiger partial charge in [0.05, 0.1) is 11.8 Å². The minimum atomic E-state index is -0.407. The summed E-state index contributed by atoms with van der Waals surface area (Å²) in [5, 5.41) is 29.8. The number of phenols is 3. The van der Waals surface area contributed by atoms with Gasteiger partial charge in [-0.3, -0.25) is 14.5 Å². The number of piperazine rings is 1. The van der Waals surface area contributed by atoms with Crippen molar-refractivity contribution in [2.24, 2.45) is 0 Å². The maximum Gasteiger partial charge on any atom is 0.289 e. The number of phenolic OH excluding ortho intramolecular Hbond substituents is 3. The highest BCUT2D eigenvalue weighted by Gasteiger charge is 2.26. The first-order chi connectivity index (χ1) is 16.4. The minimum absolute atomic E-state index is 0.0121. The molecule has 34 heavy (non-hydrogen) atoms. The fourth-order valence-corrected chi connectivity index (χ4v) is 4.20. The van der Waals surface area contributed by atoms with Gasteiger partial charge in [0.15, 0.2) is 5.76 Å². The molecule has 3 N–H and O–H groups in total. The molecule has 0 aliphatic carbocycles. The maximum atomic E-state index is 13.5. The number of carbonyl (C=O) groups excluding carboxylic acids is 1. The van der Waals surface area contributed by atoms with Crippen LogP contribution in [0, 0.1) is 0 Å². The number of hydrogen-bond donors (Lipinski definition) is 3. The quantitative estimate of drug-likeness (QED) is 0.422. The van der Waals surface area contributed by atoms with Gasteiger partial charge in [0.25, 0.3) is 5.91 Å². The van der Waals surface area contributed by atoms with Crippen LogP contribution in [0.1, 0.15) is 16.1 Å². The van der Waals surface area contributed by atoms with E-state index in [0.717, 1.165) is 6.07 Å². The molecule has 0 radical (unpaired) electrons. The summed E-state index contributed by atoms with van der Waals surface area (Å²) < 4.78 is 11.2. The zero-order chi connectivity index (χ0) is 23.8. The van der Waals surface area contributed by atoms with Gasteiger partial charge in [0.1, 0.15) is 34.0 Å². The normalized spacial score (nSPS) is 14.5. The second kappa shape index (κ2) is 8.60. The van der Waals surface area contributed by atoms with Gasteiger partial charge in [-0.05, 0) is 36.4 Å². The SMILES string of the molecule is O=C(c1ccco1)N1CCN(Cc2c(-c3ccc(O)cc3)oc3cc(O)cc(O)c3c2=O)CC1. The molecule has 0 saturated carbocycles. The van der Waals surface area contributed by atoms with Crippen molar-refractivity contribution in [3.05, 3.63) is 76.3 Å². The molecule has 174 valence electrons. The number of hydrogen-bond acceptors (Lipinski definition) is 8. The summed E-state index contributed by atoms with van der Waals surface area (Å²) in [5.41, 5.74) is 0.561. The molecule has 3 heterocycles. The van der Waals surface area contributed by atoms with Crippen LogP contribution in [-0.2, 0) is 6.54 Å². The molecule has 1 saturated heterocycles. The lowest BCUT2D eigenvalue weighted by molar-refractivity contribution is 0.0597. The van der Waals surface area contributed by atoms with Gasteiger partial charge in [0.2, 0.25) is 5.43 Å². The molecule has 1 aliphatic rings. The van der Waals surface area contributed by atoms with E-state index in [1.807, 2.05) is 4.90 Å². The third-order valence-corrected chi connectivity index (χ3v) is 5.96. The summed E-state index contributed by atoms with van der Waals surface area (Å²) in [4.78, 5) is 29.7. The molecule has 1 amide bonds. The van der Waals surface area contributed by atoms with E-state index in [9.17, 15) is 24.9 Å². The molecule has 5 rings (SSSR count). The van der Waals surface area contributed by atoms with Crippen LogP contribution >= 0.6 is 0 Å². The molecule has 9 nitrogen and oxygen atoms in total. The first-order valence-electron chi connectivity index (χ1n) is 10.8. The lowest BCUT2D eigenvalue weighted by Gasteiger charge is -2.34. The number of amides is 1. The van der Waals surface area contributed by atoms with Gasteiger partial charge in [-0.25, -0.2) is 0 Å². The average Bonchev–Trinajstić information content (AvgIpc) is 3.36. The lowest BCUT2D eigenvalue weighted by Crippen LogP contribution is -2.48. The van der Waals surface area contributed by atoms with Crippen LogP contribution in [0.25, 0.3) is 22.3 Å². The molecule has 0 bridgehead atoms. The van der Waals surface area contributed by atoms with E-state index >= 15 is 0 Å². The van der Waals surface area contributed by atoms with Crippen molar-refractivity contribution in [1.29, 1.82) is 0 Å². The Labute approximate surface area is 193 Å². The summed E-state index contributed by atoms with van der Waals surface area (Å²) >= 11 is 0. The maximum absolute atomic E-state index is 13.5. The Balaban J connectivity index is 1.48. The van der Waals surface area contributed by atoms with Crippen molar-refractivity contribution in [2.45, 2.75) is 6.54 Å². The van der Waals surface area contributed by atoms with Crippen molar-refractivity contribution in [2.75, 3.05) is 26.2 Å². The molecule has 1 fully saturated rings. The zero-order valence-electron chi connectivity index (χ0n) is 18.1. The number of aromatic hydroxyl groups is 3. The summed E-state index contributed by atoms with van der Waals surface area (Å²) in [5.74, 6) is -0.120.